The standard InChI is InChI=1S/C26H32N2O4/c1-27(2)19-9-7-18(8-10-19)20(13-16-28-14-5-6-15-28)25-23(31-4)17-22(30-3)21-11-12-24(29)32-26(21)25/h7-12,17,20H,5-6,13-16H2,1-4H3/t20-/m1/s1. The maximum atomic E-state index is 12.2. The molecule has 0 radical (unpaired) electrons. The van der Waals surface area contributed by atoms with E-state index in [9.17, 15) is 4.79 Å². The Morgan fingerprint density at radius 2 is 1.69 bits per heavy atom. The number of nitrogens with zero attached hydrogens (tertiary/aromatic N) is 2. The van der Waals surface area contributed by atoms with Gasteiger partial charge in [0.1, 0.15) is 17.1 Å². The zero-order valence-electron chi connectivity index (χ0n) is 19.4. The maximum absolute atomic E-state index is 12.2. The molecule has 1 aromatic heterocycles. The van der Waals surface area contributed by atoms with Crippen LogP contribution in [0, 0.1) is 0 Å². The van der Waals surface area contributed by atoms with Crippen molar-refractivity contribution in [2.45, 2.75) is 25.2 Å². The normalized spacial score (nSPS) is 15.1. The molecule has 1 fully saturated rings. The van der Waals surface area contributed by atoms with Crippen molar-refractivity contribution in [1.82, 2.24) is 4.90 Å². The Morgan fingerprint density at radius 3 is 2.31 bits per heavy atom. The highest BCUT2D eigenvalue weighted by Gasteiger charge is 2.26. The third-order valence-corrected chi connectivity index (χ3v) is 6.40. The second kappa shape index (κ2) is 9.65. The molecule has 170 valence electrons. The molecule has 6 heteroatoms. The van der Waals surface area contributed by atoms with Gasteiger partial charge in [-0.15, -0.1) is 0 Å². The van der Waals surface area contributed by atoms with Crippen LogP contribution in [-0.4, -0.2) is 52.8 Å². The molecule has 0 N–H and O–H groups in total. The molecule has 4 rings (SSSR count). The molecule has 0 amide bonds. The van der Waals surface area contributed by atoms with Crippen molar-refractivity contribution >= 4 is 16.7 Å². The van der Waals surface area contributed by atoms with Crippen molar-refractivity contribution in [3.05, 3.63) is 64.0 Å². The minimum atomic E-state index is -0.379. The van der Waals surface area contributed by atoms with E-state index in [1.165, 1.54) is 24.5 Å². The Morgan fingerprint density at radius 1 is 1.00 bits per heavy atom. The van der Waals surface area contributed by atoms with Gasteiger partial charge >= 0.3 is 5.63 Å². The first-order valence-electron chi connectivity index (χ1n) is 11.2. The number of methoxy groups -OCH3 is 2. The van der Waals surface area contributed by atoms with E-state index in [0.29, 0.717) is 17.1 Å². The summed E-state index contributed by atoms with van der Waals surface area (Å²) in [6.07, 6.45) is 3.41. The molecule has 2 heterocycles. The lowest BCUT2D eigenvalue weighted by atomic mass is 9.86. The first-order valence-corrected chi connectivity index (χ1v) is 11.2. The molecule has 0 saturated carbocycles. The molecule has 1 saturated heterocycles. The van der Waals surface area contributed by atoms with Crippen molar-refractivity contribution in [2.75, 3.05) is 52.8 Å². The largest absolute Gasteiger partial charge is 0.496 e. The van der Waals surface area contributed by atoms with E-state index in [1.54, 1.807) is 20.3 Å². The molecule has 0 aliphatic carbocycles. The highest BCUT2D eigenvalue weighted by molar-refractivity contribution is 5.89. The van der Waals surface area contributed by atoms with E-state index in [-0.39, 0.29) is 11.5 Å². The summed E-state index contributed by atoms with van der Waals surface area (Å²) in [6.45, 7) is 3.26. The Hall–Kier alpha value is -2.99. The quantitative estimate of drug-likeness (QED) is 0.485. The molecule has 1 atom stereocenters. The Labute approximate surface area is 189 Å². The minimum Gasteiger partial charge on any atom is -0.496 e. The van der Waals surface area contributed by atoms with Crippen LogP contribution >= 0.6 is 0 Å². The Kier molecular flexibility index (Phi) is 6.70. The summed E-state index contributed by atoms with van der Waals surface area (Å²) in [4.78, 5) is 16.8. The van der Waals surface area contributed by atoms with Crippen LogP contribution in [0.3, 0.4) is 0 Å². The van der Waals surface area contributed by atoms with Crippen molar-refractivity contribution in [3.8, 4) is 11.5 Å². The number of hydrogen-bond acceptors (Lipinski definition) is 6. The first-order chi connectivity index (χ1) is 15.5. The predicted molar refractivity (Wildman–Crippen MR) is 128 cm³/mol. The predicted octanol–water partition coefficient (Wildman–Crippen LogP) is 4.49. The summed E-state index contributed by atoms with van der Waals surface area (Å²) in [5.41, 5.74) is 3.38. The smallest absolute Gasteiger partial charge is 0.336 e. The second-order valence-electron chi connectivity index (χ2n) is 8.57. The average Bonchev–Trinajstić information content (AvgIpc) is 3.32. The van der Waals surface area contributed by atoms with Gasteiger partial charge in [-0.25, -0.2) is 4.79 Å². The minimum absolute atomic E-state index is 0.0146. The Bertz CT molecular complexity index is 1120. The van der Waals surface area contributed by atoms with Gasteiger partial charge in [0, 0.05) is 43.4 Å². The van der Waals surface area contributed by atoms with Crippen molar-refractivity contribution < 1.29 is 13.9 Å². The number of likely N-dealkylation sites (tertiary alicyclic amines) is 1. The molecular weight excluding hydrogens is 404 g/mol. The van der Waals surface area contributed by atoms with Gasteiger partial charge in [-0.3, -0.25) is 0 Å². The van der Waals surface area contributed by atoms with Gasteiger partial charge in [0.15, 0.2) is 0 Å². The van der Waals surface area contributed by atoms with Gasteiger partial charge < -0.3 is 23.7 Å². The molecular formula is C26H32N2O4. The van der Waals surface area contributed by atoms with E-state index in [1.807, 2.05) is 20.2 Å². The third kappa shape index (κ3) is 4.46. The third-order valence-electron chi connectivity index (χ3n) is 6.40. The number of hydrogen-bond donors (Lipinski definition) is 0. The van der Waals surface area contributed by atoms with Gasteiger partial charge in [0.2, 0.25) is 0 Å². The van der Waals surface area contributed by atoms with Gasteiger partial charge in [0.05, 0.1) is 19.6 Å². The number of rotatable bonds is 8. The zero-order valence-corrected chi connectivity index (χ0v) is 19.4. The maximum Gasteiger partial charge on any atom is 0.336 e. The number of anilines is 1. The highest BCUT2D eigenvalue weighted by atomic mass is 16.5. The van der Waals surface area contributed by atoms with E-state index < -0.39 is 0 Å². The monoisotopic (exact) mass is 436 g/mol. The van der Waals surface area contributed by atoms with Crippen LogP contribution in [0.5, 0.6) is 11.5 Å². The second-order valence-corrected chi connectivity index (χ2v) is 8.57. The van der Waals surface area contributed by atoms with Crippen LogP contribution in [0.2, 0.25) is 0 Å². The Balaban J connectivity index is 1.87. The van der Waals surface area contributed by atoms with Crippen LogP contribution in [0.1, 0.15) is 36.3 Å². The van der Waals surface area contributed by atoms with Crippen molar-refractivity contribution in [1.29, 1.82) is 0 Å². The molecule has 1 aliphatic rings. The topological polar surface area (TPSA) is 55.2 Å². The number of fused-ring (bicyclic) bond motifs is 1. The summed E-state index contributed by atoms with van der Waals surface area (Å²) in [7, 11) is 7.34. The molecule has 0 spiro atoms. The van der Waals surface area contributed by atoms with Crippen LogP contribution < -0.4 is 20.0 Å². The number of benzene rings is 2. The van der Waals surface area contributed by atoms with Gasteiger partial charge in [-0.2, -0.15) is 0 Å². The fourth-order valence-electron chi connectivity index (χ4n) is 4.67. The summed E-state index contributed by atoms with van der Waals surface area (Å²) in [6, 6.07) is 13.7. The zero-order chi connectivity index (χ0) is 22.7. The molecule has 2 aromatic carbocycles. The molecule has 3 aromatic rings. The van der Waals surface area contributed by atoms with E-state index in [0.717, 1.165) is 42.7 Å². The lowest BCUT2D eigenvalue weighted by Crippen LogP contribution is -2.22. The molecule has 6 nitrogen and oxygen atoms in total. The van der Waals surface area contributed by atoms with Crippen LogP contribution in [0.15, 0.2) is 51.7 Å². The van der Waals surface area contributed by atoms with Crippen LogP contribution in [0.25, 0.3) is 11.0 Å². The van der Waals surface area contributed by atoms with Crippen LogP contribution in [-0.2, 0) is 0 Å². The molecule has 0 bridgehead atoms. The van der Waals surface area contributed by atoms with E-state index in [4.69, 9.17) is 13.9 Å². The summed E-state index contributed by atoms with van der Waals surface area (Å²) in [5.74, 6) is 1.32. The van der Waals surface area contributed by atoms with Gasteiger partial charge in [0.25, 0.3) is 0 Å². The van der Waals surface area contributed by atoms with E-state index in [2.05, 4.69) is 34.1 Å². The lowest BCUT2D eigenvalue weighted by molar-refractivity contribution is 0.325. The van der Waals surface area contributed by atoms with Crippen molar-refractivity contribution in [3.63, 3.8) is 0 Å². The van der Waals surface area contributed by atoms with Gasteiger partial charge in [-0.1, -0.05) is 12.1 Å². The first kappa shape index (κ1) is 22.2. The van der Waals surface area contributed by atoms with Crippen molar-refractivity contribution in [2.24, 2.45) is 0 Å². The summed E-state index contributed by atoms with van der Waals surface area (Å²) in [5, 5.41) is 0.777. The fourth-order valence-corrected chi connectivity index (χ4v) is 4.67. The molecule has 1 aliphatic heterocycles. The summed E-state index contributed by atoms with van der Waals surface area (Å²) < 4.78 is 17.2. The lowest BCUT2D eigenvalue weighted by Gasteiger charge is -2.25. The van der Waals surface area contributed by atoms with E-state index >= 15 is 0 Å². The van der Waals surface area contributed by atoms with Gasteiger partial charge in [-0.05, 0) is 62.7 Å². The molecule has 0 unspecified atom stereocenters. The summed E-state index contributed by atoms with van der Waals surface area (Å²) >= 11 is 0. The van der Waals surface area contributed by atoms with Crippen LogP contribution in [0.4, 0.5) is 5.69 Å². The highest BCUT2D eigenvalue weighted by Crippen LogP contribution is 2.43. The fraction of sp³-hybridized carbons (Fsp3) is 0.423. The average molecular weight is 437 g/mol. The SMILES string of the molecule is COc1cc(OC)c2ccc(=O)oc2c1[C@H](CCN1CCCC1)c1ccc(N(C)C)cc1. The molecule has 32 heavy (non-hydrogen) atoms. The number of ether oxygens (including phenoxy) is 2.